The molecule has 6 unspecified atom stereocenters. The van der Waals surface area contributed by atoms with Gasteiger partial charge in [-0.2, -0.15) is 35.1 Å². The zero-order valence-electron chi connectivity index (χ0n) is 75.0. The van der Waals surface area contributed by atoms with E-state index in [1.807, 2.05) is 60.7 Å². The summed E-state index contributed by atoms with van der Waals surface area (Å²) in [5, 5.41) is 12.2. The van der Waals surface area contributed by atoms with E-state index in [0.717, 1.165) is 53.2 Å². The molecule has 18 nitrogen and oxygen atoms in total. The molecule has 12 aromatic rings. The monoisotopic (exact) mass is 2040 g/mol. The predicted molar refractivity (Wildman–Crippen MR) is 509 cm³/mol. The Balaban J connectivity index is 0.000000148. The number of benzene rings is 12. The molecule has 33 heteroatoms. The molecule has 0 radical (unpaired) electrons. The van der Waals surface area contributed by atoms with Crippen molar-refractivity contribution in [3.63, 3.8) is 0 Å². The molecule has 730 valence electrons. The Labute approximate surface area is 815 Å². The normalized spacial score (nSPS) is 20.1. The van der Waals surface area contributed by atoms with Crippen molar-refractivity contribution >= 4 is 103 Å². The lowest BCUT2D eigenvalue weighted by Crippen LogP contribution is -2.56. The highest BCUT2D eigenvalue weighted by molar-refractivity contribution is 7.98. The van der Waals surface area contributed by atoms with Crippen LogP contribution in [-0.2, 0) is 114 Å². The first-order valence-corrected chi connectivity index (χ1v) is 53.8. The fraction of sp³-hybridized carbons (Fsp3) is 0.274. The number of halogens is 8. The van der Waals surface area contributed by atoms with Crippen LogP contribution in [0.4, 0.5) is 35.1 Å². The van der Waals surface area contributed by atoms with Crippen molar-refractivity contribution in [1.29, 1.82) is 0 Å². The molecule has 8 bridgehead atoms. The maximum Gasteiger partial charge on any atom is 0.422 e. The van der Waals surface area contributed by atoms with Gasteiger partial charge in [0.15, 0.2) is 74.5 Å². The molecule has 8 fully saturated rings. The Kier molecular flexibility index (Phi) is 36.5. The van der Waals surface area contributed by atoms with Crippen molar-refractivity contribution in [3.05, 3.63) is 363 Å². The van der Waals surface area contributed by atoms with Crippen LogP contribution in [-0.4, -0.2) is 121 Å². The number of hydrogen-bond donors (Lipinski definition) is 1. The average Bonchev–Trinajstić information content (AvgIpc) is 0.731. The van der Waals surface area contributed by atoms with Crippen LogP contribution in [0.1, 0.15) is 76.7 Å². The van der Waals surface area contributed by atoms with Gasteiger partial charge >= 0.3 is 29.5 Å². The van der Waals surface area contributed by atoms with Crippen LogP contribution in [0.2, 0.25) is 0 Å². The minimum atomic E-state index is -6.50. The predicted octanol–water partition coefficient (Wildman–Crippen LogP) is 20.0. The lowest BCUT2D eigenvalue weighted by Gasteiger charge is -2.53. The molecule has 12 aromatic carbocycles. The van der Waals surface area contributed by atoms with E-state index in [4.69, 9.17) is 14.6 Å². The summed E-state index contributed by atoms with van der Waals surface area (Å²) in [6.07, 6.45) is -5.04. The summed E-state index contributed by atoms with van der Waals surface area (Å²) < 4.78 is 207. The van der Waals surface area contributed by atoms with Crippen molar-refractivity contribution in [2.24, 2.45) is 52.3 Å². The van der Waals surface area contributed by atoms with Gasteiger partial charge in [-0.3, -0.25) is 19.2 Å². The van der Waals surface area contributed by atoms with Crippen molar-refractivity contribution in [1.82, 2.24) is 0 Å². The summed E-state index contributed by atoms with van der Waals surface area (Å²) in [4.78, 5) is 73.0. The molecule has 0 heterocycles. The number of ether oxygens (including phenoxy) is 2. The number of carbonyl (C=O) groups excluding carboxylic acids is 5. The third kappa shape index (κ3) is 28.7. The van der Waals surface area contributed by atoms with Crippen LogP contribution in [0, 0.1) is 52.3 Å². The van der Waals surface area contributed by atoms with E-state index in [2.05, 4.69) is 273 Å². The van der Waals surface area contributed by atoms with E-state index in [9.17, 15) is 103 Å². The summed E-state index contributed by atoms with van der Waals surface area (Å²) in [5.41, 5.74) is -5.15. The van der Waals surface area contributed by atoms with Crippen LogP contribution in [0.15, 0.2) is 417 Å². The van der Waals surface area contributed by atoms with E-state index in [-0.39, 0.29) is 93.6 Å². The number of alkyl halides is 8. The molecule has 8 aliphatic carbocycles. The summed E-state index contributed by atoms with van der Waals surface area (Å²) in [6, 6.07) is 121. The molecule has 0 aromatic heterocycles. The maximum atomic E-state index is 13.8. The Bertz CT molecular complexity index is 5640. The Morgan fingerprint density at radius 1 is 0.353 bits per heavy atom. The zero-order valence-corrected chi connectivity index (χ0v) is 80.7. The third-order valence-corrected chi connectivity index (χ3v) is 35.6. The van der Waals surface area contributed by atoms with Gasteiger partial charge in [0.1, 0.15) is 30.7 Å². The molecule has 6 atom stereocenters. The molecule has 0 aliphatic heterocycles. The molecule has 8 aliphatic rings. The number of carboxylic acids is 1. The van der Waals surface area contributed by atoms with E-state index in [0.29, 0.717) is 37.5 Å². The number of Topliss-reactive ketones (excluding diaryl/α,β-unsaturated/α-hetero) is 2. The van der Waals surface area contributed by atoms with Crippen molar-refractivity contribution in [2.45, 2.75) is 160 Å². The van der Waals surface area contributed by atoms with Gasteiger partial charge in [-0.1, -0.05) is 212 Å². The van der Waals surface area contributed by atoms with Crippen LogP contribution < -0.4 is 5.11 Å². The summed E-state index contributed by atoms with van der Waals surface area (Å²) in [6.45, 7) is -0.664. The second kappa shape index (κ2) is 47.5. The Hall–Kier alpha value is -11.1. The molecule has 0 spiro atoms. The second-order valence-electron chi connectivity index (χ2n) is 34.3. The molecule has 20 rings (SSSR count). The van der Waals surface area contributed by atoms with Crippen LogP contribution in [0.3, 0.4) is 0 Å². The molecular formula is C106H100F8O18S7. The molecule has 0 saturated heterocycles. The molecular weight excluding hydrogens is 1940 g/mol. The van der Waals surface area contributed by atoms with Gasteiger partial charge in [-0.05, 0) is 241 Å². The topological polar surface area (TPSA) is 319 Å². The number of ketones is 2. The smallest absolute Gasteiger partial charge is 0.422 e. The highest BCUT2D eigenvalue weighted by atomic mass is 32.2. The van der Waals surface area contributed by atoms with Crippen LogP contribution in [0.25, 0.3) is 0 Å². The van der Waals surface area contributed by atoms with E-state index in [1.165, 1.54) is 68.3 Å². The van der Waals surface area contributed by atoms with Gasteiger partial charge in [-0.15, -0.1) is 0 Å². The number of esters is 2. The fourth-order valence-electron chi connectivity index (χ4n) is 18.2. The summed E-state index contributed by atoms with van der Waals surface area (Å²) in [7, 11) is -15.9. The van der Waals surface area contributed by atoms with E-state index < -0.39 is 117 Å². The largest absolute Gasteiger partial charge is 0.748 e. The molecule has 8 saturated carbocycles. The fourth-order valence-corrected chi connectivity index (χ4v) is 27.8. The number of aliphatic hydroxyl groups is 1. The highest BCUT2D eigenvalue weighted by Gasteiger charge is 2.62. The van der Waals surface area contributed by atoms with Gasteiger partial charge < -0.3 is 38.1 Å². The molecule has 1 N–H and O–H groups in total. The number of aliphatic carboxylic acids is 1. The Morgan fingerprint density at radius 2 is 0.554 bits per heavy atom. The lowest BCUT2D eigenvalue weighted by molar-refractivity contribution is -0.351. The number of hydrogen-bond acceptors (Lipinski definition) is 18. The number of rotatable bonds is 25. The quantitative estimate of drug-likeness (QED) is 0.0240. The molecule has 0 amide bonds. The summed E-state index contributed by atoms with van der Waals surface area (Å²) in [5.74, 6) is -7.18. The number of carboxylic acid groups (broad SMARTS) is 1. The standard InChI is InChI=1S/C22H17F5O3S2.3C18H15S.2C13H18O6S.C4H5F3O3/c23-21(24,25)20(22(26,27)32(28,29)30)15-16-11-13-19(14-12-16)31(17-7-3-1-4-8-17)18-9-5-2-6-10-18;3*1-4-10-16(11-5-1)19(17-12-6-2-7-13-17)18-14-8-3-9-15-18;2*14-11-9-3-8-4-10(11)7-13(5-8,6-9)12(15)19-1-2-20(16,17)18;1-3(10,2(8)9)4(5,6)7/h1-14,20H,15H2;3*1-15H;2*8-10H,1-7H2,(H,16,17,18);10H,1H3,(H,8,9)/q;3*+1;;;/p-3. The second-order valence-corrected chi connectivity index (χ2v) is 46.9. The van der Waals surface area contributed by atoms with Gasteiger partial charge in [0.25, 0.3) is 0 Å². The molecule has 139 heavy (non-hydrogen) atoms. The first-order chi connectivity index (χ1) is 66.0. The van der Waals surface area contributed by atoms with Gasteiger partial charge in [0, 0.05) is 23.7 Å². The SMILES string of the molecule is CC(O)(C(=O)[O-])C(F)(F)F.O=C1C2CC3CC1CC(C(=O)OCCS(=O)(=O)[O-])(C3)C2.O=C1C2CC3CC1CC(C(=O)OCCS(=O)(=O)[O-])(C3)C2.O=S(=O)([O-])C(F)(F)C(Cc1ccc([S+](c2ccccc2)c2ccccc2)cc1)C(F)(F)F.c1ccc([S+](c2ccccc2)c2ccccc2)cc1.c1ccc([S+](c2ccccc2)c2ccccc2)cc1.c1ccc([S+](c2ccccc2)c2ccccc2)cc1. The zero-order chi connectivity index (χ0) is 100.0. The maximum absolute atomic E-state index is 13.8. The van der Waals surface area contributed by atoms with Crippen LogP contribution in [0.5, 0.6) is 0 Å². The minimum absolute atomic E-state index is 0.0146. The Morgan fingerprint density at radius 3 is 0.719 bits per heavy atom. The first-order valence-electron chi connectivity index (χ1n) is 44.3. The highest BCUT2D eigenvalue weighted by Crippen LogP contribution is 2.61. The first kappa shape index (κ1) is 107. The van der Waals surface area contributed by atoms with Gasteiger partial charge in [0.2, 0.25) is 0 Å². The number of carbonyl (C=O) groups is 5. The third-order valence-electron chi connectivity index (χ3n) is 24.4. The van der Waals surface area contributed by atoms with E-state index in [1.54, 1.807) is 0 Å². The van der Waals surface area contributed by atoms with Gasteiger partial charge in [-0.25, -0.2) is 25.3 Å². The summed E-state index contributed by atoms with van der Waals surface area (Å²) >= 11 is 0. The minimum Gasteiger partial charge on any atom is -0.748 e. The lowest BCUT2D eigenvalue weighted by atomic mass is 9.49. The van der Waals surface area contributed by atoms with Crippen molar-refractivity contribution in [3.8, 4) is 0 Å². The van der Waals surface area contributed by atoms with Gasteiger partial charge in [0.05, 0.1) is 92.1 Å². The van der Waals surface area contributed by atoms with Crippen molar-refractivity contribution in [2.75, 3.05) is 24.7 Å². The average molecular weight is 2040 g/mol. The van der Waals surface area contributed by atoms with Crippen molar-refractivity contribution < 1.29 is 118 Å². The van der Waals surface area contributed by atoms with E-state index >= 15 is 0 Å². The van der Waals surface area contributed by atoms with Crippen LogP contribution >= 0.6 is 0 Å².